The molecule has 1 aromatic carbocycles. The summed E-state index contributed by atoms with van der Waals surface area (Å²) in [5.74, 6) is 0. The first kappa shape index (κ1) is 16.0. The van der Waals surface area contributed by atoms with E-state index in [4.69, 9.17) is 0 Å². The van der Waals surface area contributed by atoms with Gasteiger partial charge in [0.15, 0.2) is 0 Å². The largest absolute Gasteiger partial charge is 0.197 e. The Labute approximate surface area is 128 Å². The predicted octanol–water partition coefficient (Wildman–Crippen LogP) is 5.20. The summed E-state index contributed by atoms with van der Waals surface area (Å²) >= 11 is 0. The smallest absolute Gasteiger partial charge is 0.116 e. The van der Waals surface area contributed by atoms with Gasteiger partial charge in [0.25, 0.3) is 0 Å². The first-order valence-corrected chi connectivity index (χ1v) is 8.68. The number of aromatic amines is 1. The quantitative estimate of drug-likeness (QED) is 0.610. The average molecular weight is 287 g/mol. The summed E-state index contributed by atoms with van der Waals surface area (Å²) in [6.07, 6.45) is 12.8. The van der Waals surface area contributed by atoms with Gasteiger partial charge in [-0.2, -0.15) is 15.4 Å². The molecule has 0 amide bonds. The summed E-state index contributed by atoms with van der Waals surface area (Å²) in [7, 11) is 0. The highest BCUT2D eigenvalue weighted by Gasteiger charge is 2.10. The molecule has 0 fully saturated rings. The summed E-state index contributed by atoms with van der Waals surface area (Å²) in [4.78, 5) is 0. The van der Waals surface area contributed by atoms with Crippen LogP contribution in [-0.2, 0) is 12.8 Å². The van der Waals surface area contributed by atoms with Crippen LogP contribution in [0.3, 0.4) is 0 Å². The van der Waals surface area contributed by atoms with E-state index in [9.17, 15) is 0 Å². The van der Waals surface area contributed by atoms with E-state index in [1.807, 2.05) is 0 Å². The first-order valence-electron chi connectivity index (χ1n) is 8.68. The van der Waals surface area contributed by atoms with Crippen LogP contribution in [0.4, 0.5) is 0 Å². The van der Waals surface area contributed by atoms with Crippen LogP contribution >= 0.6 is 0 Å². The van der Waals surface area contributed by atoms with E-state index < -0.39 is 0 Å². The summed E-state index contributed by atoms with van der Waals surface area (Å²) in [5, 5.41) is 11.4. The van der Waals surface area contributed by atoms with Crippen molar-refractivity contribution in [3.05, 3.63) is 23.3 Å². The molecule has 2 rings (SSSR count). The molecule has 0 aliphatic rings. The van der Waals surface area contributed by atoms with Gasteiger partial charge in [-0.15, -0.1) is 0 Å². The molecule has 0 atom stereocenters. The molecule has 1 heterocycles. The third kappa shape index (κ3) is 4.55. The van der Waals surface area contributed by atoms with Crippen LogP contribution in [0, 0.1) is 0 Å². The lowest BCUT2D eigenvalue weighted by Crippen LogP contribution is -1.97. The van der Waals surface area contributed by atoms with Crippen molar-refractivity contribution in [3.8, 4) is 0 Å². The fourth-order valence-electron chi connectivity index (χ4n) is 2.99. The van der Waals surface area contributed by atoms with Crippen LogP contribution in [0.2, 0.25) is 0 Å². The topological polar surface area (TPSA) is 41.6 Å². The Hall–Kier alpha value is -1.38. The van der Waals surface area contributed by atoms with Gasteiger partial charge in [-0.05, 0) is 42.9 Å². The number of hydrogen-bond acceptors (Lipinski definition) is 2. The second-order valence-corrected chi connectivity index (χ2v) is 6.02. The van der Waals surface area contributed by atoms with Crippen molar-refractivity contribution < 1.29 is 0 Å². The molecule has 2 aromatic rings. The zero-order valence-corrected chi connectivity index (χ0v) is 13.6. The Morgan fingerprint density at radius 1 is 0.810 bits per heavy atom. The molecule has 0 bridgehead atoms. The lowest BCUT2D eigenvalue weighted by atomic mass is 9.95. The van der Waals surface area contributed by atoms with Crippen LogP contribution in [0.5, 0.6) is 0 Å². The highest BCUT2D eigenvalue weighted by atomic mass is 15.3. The Bertz CT molecular complexity index is 530. The molecule has 0 saturated carbocycles. The molecule has 0 unspecified atom stereocenters. The van der Waals surface area contributed by atoms with Crippen LogP contribution in [0.15, 0.2) is 12.1 Å². The number of nitrogens with one attached hydrogen (secondary N) is 1. The van der Waals surface area contributed by atoms with Crippen molar-refractivity contribution in [2.24, 2.45) is 0 Å². The molecule has 0 spiro atoms. The van der Waals surface area contributed by atoms with E-state index in [1.54, 1.807) is 0 Å². The highest BCUT2D eigenvalue weighted by Crippen LogP contribution is 2.23. The summed E-state index contributed by atoms with van der Waals surface area (Å²) < 4.78 is 0. The second-order valence-electron chi connectivity index (χ2n) is 6.02. The van der Waals surface area contributed by atoms with E-state index in [2.05, 4.69) is 41.4 Å². The number of unbranched alkanes of at least 4 members (excludes halogenated alkanes) is 6. The fourth-order valence-corrected chi connectivity index (χ4v) is 2.99. The molecule has 1 N–H and O–H groups in total. The maximum absolute atomic E-state index is 4.39. The molecule has 3 heteroatoms. The fraction of sp³-hybridized carbons (Fsp3) is 0.667. The van der Waals surface area contributed by atoms with E-state index >= 15 is 0 Å². The van der Waals surface area contributed by atoms with Crippen molar-refractivity contribution in [1.29, 1.82) is 0 Å². The van der Waals surface area contributed by atoms with Gasteiger partial charge in [0.1, 0.15) is 11.0 Å². The SMILES string of the molecule is CCCCCCc1ccc2n[nH]nc2c1CCCCCC. The van der Waals surface area contributed by atoms with Crippen LogP contribution < -0.4 is 0 Å². The van der Waals surface area contributed by atoms with Gasteiger partial charge in [0.2, 0.25) is 0 Å². The zero-order valence-electron chi connectivity index (χ0n) is 13.6. The molecule has 0 aliphatic carbocycles. The van der Waals surface area contributed by atoms with Crippen molar-refractivity contribution in [2.75, 3.05) is 0 Å². The lowest BCUT2D eigenvalue weighted by molar-refractivity contribution is 0.652. The third-order valence-corrected chi connectivity index (χ3v) is 4.27. The summed E-state index contributed by atoms with van der Waals surface area (Å²) in [6.45, 7) is 4.53. The van der Waals surface area contributed by atoms with Gasteiger partial charge >= 0.3 is 0 Å². The second kappa shape index (κ2) is 8.81. The van der Waals surface area contributed by atoms with E-state index in [-0.39, 0.29) is 0 Å². The number of rotatable bonds is 10. The van der Waals surface area contributed by atoms with Crippen molar-refractivity contribution >= 4 is 11.0 Å². The molecule has 1 aromatic heterocycles. The van der Waals surface area contributed by atoms with Crippen LogP contribution in [0.25, 0.3) is 11.0 Å². The van der Waals surface area contributed by atoms with Crippen molar-refractivity contribution in [1.82, 2.24) is 15.4 Å². The zero-order chi connectivity index (χ0) is 14.9. The minimum atomic E-state index is 1.01. The van der Waals surface area contributed by atoms with Crippen LogP contribution in [-0.4, -0.2) is 15.4 Å². The van der Waals surface area contributed by atoms with Gasteiger partial charge in [0, 0.05) is 0 Å². The molecule has 0 aliphatic heterocycles. The number of aromatic nitrogens is 3. The van der Waals surface area contributed by atoms with Gasteiger partial charge in [0.05, 0.1) is 0 Å². The lowest BCUT2D eigenvalue weighted by Gasteiger charge is -2.10. The van der Waals surface area contributed by atoms with Gasteiger partial charge in [-0.1, -0.05) is 58.4 Å². The molecule has 3 nitrogen and oxygen atoms in total. The Kier molecular flexibility index (Phi) is 6.71. The van der Waals surface area contributed by atoms with E-state index in [0.29, 0.717) is 0 Å². The number of fused-ring (bicyclic) bond motifs is 1. The molecular formula is C18H29N3. The van der Waals surface area contributed by atoms with Crippen molar-refractivity contribution in [2.45, 2.75) is 78.1 Å². The van der Waals surface area contributed by atoms with E-state index in [1.165, 1.54) is 68.9 Å². The number of H-pyrrole nitrogens is 1. The number of benzene rings is 1. The molecule has 0 saturated heterocycles. The average Bonchev–Trinajstić information content (AvgIpc) is 2.97. The standard InChI is InChI=1S/C18H29N3/c1-3-5-7-9-11-15-13-14-17-18(20-21-19-17)16(15)12-10-8-6-4-2/h13-14H,3-12H2,1-2H3,(H,19,20,21). The number of hydrogen-bond donors (Lipinski definition) is 1. The van der Waals surface area contributed by atoms with Crippen molar-refractivity contribution in [3.63, 3.8) is 0 Å². The summed E-state index contributed by atoms with van der Waals surface area (Å²) in [5.41, 5.74) is 5.04. The maximum Gasteiger partial charge on any atom is 0.116 e. The molecule has 0 radical (unpaired) electrons. The van der Waals surface area contributed by atoms with Gasteiger partial charge in [-0.25, -0.2) is 0 Å². The minimum Gasteiger partial charge on any atom is -0.197 e. The van der Waals surface area contributed by atoms with Gasteiger partial charge < -0.3 is 0 Å². The minimum absolute atomic E-state index is 1.01. The highest BCUT2D eigenvalue weighted by molar-refractivity contribution is 5.78. The monoisotopic (exact) mass is 287 g/mol. The molecule has 21 heavy (non-hydrogen) atoms. The first-order chi connectivity index (χ1) is 10.4. The molecular weight excluding hydrogens is 258 g/mol. The predicted molar refractivity (Wildman–Crippen MR) is 89.6 cm³/mol. The third-order valence-electron chi connectivity index (χ3n) is 4.27. The van der Waals surface area contributed by atoms with Gasteiger partial charge in [-0.3, -0.25) is 0 Å². The van der Waals surface area contributed by atoms with E-state index in [0.717, 1.165) is 17.5 Å². The van der Waals surface area contributed by atoms with Crippen LogP contribution in [0.1, 0.15) is 76.3 Å². The Balaban J connectivity index is 2.06. The number of aryl methyl sites for hydroxylation is 2. The molecule has 116 valence electrons. The Morgan fingerprint density at radius 2 is 1.52 bits per heavy atom. The maximum atomic E-state index is 4.39. The Morgan fingerprint density at radius 3 is 2.24 bits per heavy atom. The number of nitrogens with zero attached hydrogens (tertiary/aromatic N) is 2. The normalized spacial score (nSPS) is 11.3. The summed E-state index contributed by atoms with van der Waals surface area (Å²) in [6, 6.07) is 4.38.